The molecule has 0 bridgehead atoms. The van der Waals surface area contributed by atoms with Crippen molar-refractivity contribution in [3.63, 3.8) is 0 Å². The van der Waals surface area contributed by atoms with Gasteiger partial charge in [0.1, 0.15) is 5.82 Å². The van der Waals surface area contributed by atoms with Crippen molar-refractivity contribution in [2.24, 2.45) is 0 Å². The monoisotopic (exact) mass is 742 g/mol. The summed E-state index contributed by atoms with van der Waals surface area (Å²) in [6, 6.07) is 64.0. The molecule has 0 saturated heterocycles. The Kier molecular flexibility index (Phi) is 7.90. The number of fused-ring (bicyclic) bond motifs is 5. The van der Waals surface area contributed by atoms with Gasteiger partial charge >= 0.3 is 0 Å². The average molecular weight is 743 g/mol. The molecule has 58 heavy (non-hydrogen) atoms. The van der Waals surface area contributed by atoms with Crippen LogP contribution in [-0.4, -0.2) is 21.2 Å². The number of benzene rings is 8. The van der Waals surface area contributed by atoms with Crippen LogP contribution in [0.25, 0.3) is 60.9 Å². The first kappa shape index (κ1) is 34.0. The highest BCUT2D eigenvalue weighted by Crippen LogP contribution is 2.40. The molecule has 0 radical (unpaired) electrons. The van der Waals surface area contributed by atoms with Crippen molar-refractivity contribution in [3.8, 4) is 28.3 Å². The van der Waals surface area contributed by atoms with Crippen LogP contribution in [0.5, 0.6) is 0 Å². The Labute approximate surface area is 338 Å². The van der Waals surface area contributed by atoms with Crippen LogP contribution in [0.15, 0.2) is 182 Å². The fourth-order valence-electron chi connectivity index (χ4n) is 9.40. The third kappa shape index (κ3) is 5.54. The predicted octanol–water partition coefficient (Wildman–Crippen LogP) is 11.3. The minimum absolute atomic E-state index is 0.0519. The van der Waals surface area contributed by atoms with Crippen molar-refractivity contribution < 1.29 is 0 Å². The molecule has 0 saturated carbocycles. The lowest BCUT2D eigenvalue weighted by Gasteiger charge is -2.37. The molecule has 0 aliphatic carbocycles. The van der Waals surface area contributed by atoms with Crippen molar-refractivity contribution in [2.45, 2.75) is 20.8 Å². The van der Waals surface area contributed by atoms with E-state index in [0.29, 0.717) is 0 Å². The van der Waals surface area contributed by atoms with Gasteiger partial charge in [0.25, 0.3) is 0 Å². The van der Waals surface area contributed by atoms with Gasteiger partial charge in [-0.1, -0.05) is 138 Å². The van der Waals surface area contributed by atoms with E-state index < -0.39 is 0 Å². The van der Waals surface area contributed by atoms with Gasteiger partial charge in [0, 0.05) is 34.2 Å². The predicted molar refractivity (Wildman–Crippen MR) is 245 cm³/mol. The Morgan fingerprint density at radius 3 is 2.05 bits per heavy atom. The van der Waals surface area contributed by atoms with E-state index in [0.717, 1.165) is 50.4 Å². The van der Waals surface area contributed by atoms with E-state index in [2.05, 4.69) is 206 Å². The number of aromatic nitrogens is 3. The molecule has 10 aromatic rings. The lowest BCUT2D eigenvalue weighted by Crippen LogP contribution is -2.57. The zero-order chi connectivity index (χ0) is 38.9. The topological polar surface area (TPSA) is 34.0 Å². The number of nitrogens with zero attached hydrogens (tertiary/aromatic N) is 4. The first-order chi connectivity index (χ1) is 28.5. The fraction of sp³-hybridized carbons (Fsp3) is 0.0566. The number of hydrogen-bond donors (Lipinski definition) is 0. The molecular weight excluding hydrogens is 703 g/mol. The summed E-state index contributed by atoms with van der Waals surface area (Å²) in [6.07, 6.45) is 1.99. The zero-order valence-electron chi connectivity index (χ0n) is 32.7. The van der Waals surface area contributed by atoms with E-state index in [4.69, 9.17) is 9.97 Å². The molecule has 8 aromatic carbocycles. The largest absolute Gasteiger partial charge is 0.311 e. The van der Waals surface area contributed by atoms with Gasteiger partial charge in [-0.2, -0.15) is 0 Å². The number of aryl methyl sites for hydroxylation is 3. The summed E-state index contributed by atoms with van der Waals surface area (Å²) in [4.78, 5) is 12.8. The van der Waals surface area contributed by atoms with E-state index in [1.54, 1.807) is 0 Å². The van der Waals surface area contributed by atoms with Crippen molar-refractivity contribution in [1.29, 1.82) is 0 Å². The van der Waals surface area contributed by atoms with Gasteiger partial charge in [-0.25, -0.2) is 4.98 Å². The molecule has 0 spiro atoms. The number of hydrogen-bond acceptors (Lipinski definition) is 3. The Morgan fingerprint density at radius 1 is 0.500 bits per heavy atom. The standard InChI is InChI=1S/C53H39BN4/c1-34-27-35(2)52(36(3)28-34)58-51-22-11-9-20-47(51)56-53(58)41-24-26-50-46(31-41)54(43-18-12-17-40(29-43)48-32-39-15-6-7-16-42(39)33-55-48)45-19-8-10-21-49(45)57(50)44-25-23-37-13-4-5-14-38(37)30-44/h4-33H,1-3H3. The van der Waals surface area contributed by atoms with E-state index in [-0.39, 0.29) is 6.71 Å². The highest BCUT2D eigenvalue weighted by atomic mass is 15.2. The Bertz CT molecular complexity index is 3230. The highest BCUT2D eigenvalue weighted by molar-refractivity contribution is 6.98. The van der Waals surface area contributed by atoms with Crippen LogP contribution in [-0.2, 0) is 0 Å². The molecule has 4 nitrogen and oxygen atoms in total. The molecule has 2 aromatic heterocycles. The van der Waals surface area contributed by atoms with E-state index in [9.17, 15) is 0 Å². The summed E-state index contributed by atoms with van der Waals surface area (Å²) >= 11 is 0. The second-order valence-corrected chi connectivity index (χ2v) is 15.7. The second-order valence-electron chi connectivity index (χ2n) is 15.7. The lowest BCUT2D eigenvalue weighted by atomic mass is 9.35. The van der Waals surface area contributed by atoms with Gasteiger partial charge in [0.15, 0.2) is 0 Å². The molecule has 274 valence electrons. The number of anilines is 3. The Hall–Kier alpha value is -7.24. The quantitative estimate of drug-likeness (QED) is 0.165. The number of imidazole rings is 1. The molecule has 0 amide bonds. The molecule has 1 aliphatic rings. The van der Waals surface area contributed by atoms with E-state index >= 15 is 0 Å². The normalized spacial score (nSPS) is 12.3. The molecule has 0 atom stereocenters. The first-order valence-electron chi connectivity index (χ1n) is 20.0. The molecule has 5 heteroatoms. The van der Waals surface area contributed by atoms with Crippen LogP contribution < -0.4 is 21.3 Å². The summed E-state index contributed by atoms with van der Waals surface area (Å²) in [6.45, 7) is 6.55. The lowest BCUT2D eigenvalue weighted by molar-refractivity contribution is 1.06. The SMILES string of the molecule is Cc1cc(C)c(-n2c(-c3ccc4c(c3)B(c3cccc(-c5cc6ccccc6cn5)c3)c3ccccc3N4c3ccc4ccccc4c3)nc3ccccc32)c(C)c1. The minimum Gasteiger partial charge on any atom is -0.311 e. The van der Waals surface area contributed by atoms with Crippen LogP contribution in [0, 0.1) is 20.8 Å². The molecular formula is C53H39BN4. The smallest absolute Gasteiger partial charge is 0.246 e. The summed E-state index contributed by atoms with van der Waals surface area (Å²) in [7, 11) is 0. The van der Waals surface area contributed by atoms with Crippen LogP contribution in [0.1, 0.15) is 16.7 Å². The van der Waals surface area contributed by atoms with Crippen molar-refractivity contribution >= 4 is 72.7 Å². The third-order valence-corrected chi connectivity index (χ3v) is 11.9. The summed E-state index contributed by atoms with van der Waals surface area (Å²) in [5.41, 5.74) is 17.3. The molecule has 0 N–H and O–H groups in total. The van der Waals surface area contributed by atoms with Crippen LogP contribution in [0.3, 0.4) is 0 Å². The minimum atomic E-state index is -0.0519. The summed E-state index contributed by atoms with van der Waals surface area (Å²) in [5, 5.41) is 4.76. The zero-order valence-corrected chi connectivity index (χ0v) is 32.7. The third-order valence-electron chi connectivity index (χ3n) is 11.9. The Morgan fingerprint density at radius 2 is 1.21 bits per heavy atom. The molecule has 0 fully saturated rings. The second kappa shape index (κ2) is 13.5. The molecule has 1 aliphatic heterocycles. The Balaban J connectivity index is 1.16. The molecule has 0 unspecified atom stereocenters. The van der Waals surface area contributed by atoms with Gasteiger partial charge in [-0.05, 0) is 113 Å². The fourth-order valence-corrected chi connectivity index (χ4v) is 9.40. The number of rotatable bonds is 5. The van der Waals surface area contributed by atoms with Crippen molar-refractivity contribution in [1.82, 2.24) is 14.5 Å². The van der Waals surface area contributed by atoms with Gasteiger partial charge in [-0.15, -0.1) is 0 Å². The van der Waals surface area contributed by atoms with Crippen LogP contribution in [0.4, 0.5) is 17.1 Å². The van der Waals surface area contributed by atoms with Gasteiger partial charge in [0.2, 0.25) is 6.71 Å². The van der Waals surface area contributed by atoms with Crippen molar-refractivity contribution in [3.05, 3.63) is 199 Å². The summed E-state index contributed by atoms with van der Waals surface area (Å²) in [5.74, 6) is 0.933. The number of para-hydroxylation sites is 3. The van der Waals surface area contributed by atoms with Crippen LogP contribution in [0.2, 0.25) is 0 Å². The van der Waals surface area contributed by atoms with E-state index in [1.807, 2.05) is 6.20 Å². The molecule has 3 heterocycles. The molecule has 11 rings (SSSR count). The van der Waals surface area contributed by atoms with Crippen molar-refractivity contribution in [2.75, 3.05) is 4.90 Å². The maximum atomic E-state index is 5.39. The van der Waals surface area contributed by atoms with Gasteiger partial charge in [0.05, 0.1) is 22.4 Å². The first-order valence-corrected chi connectivity index (χ1v) is 20.0. The van der Waals surface area contributed by atoms with Gasteiger partial charge in [-0.3, -0.25) is 9.55 Å². The maximum absolute atomic E-state index is 5.39. The maximum Gasteiger partial charge on any atom is 0.246 e. The summed E-state index contributed by atoms with van der Waals surface area (Å²) < 4.78 is 2.38. The average Bonchev–Trinajstić information content (AvgIpc) is 3.63. The van der Waals surface area contributed by atoms with Gasteiger partial charge < -0.3 is 4.90 Å². The number of pyridine rings is 1. The van der Waals surface area contributed by atoms with Crippen LogP contribution >= 0.6 is 0 Å². The van der Waals surface area contributed by atoms with E-state index in [1.165, 1.54) is 60.6 Å². The highest BCUT2D eigenvalue weighted by Gasteiger charge is 2.36.